The van der Waals surface area contributed by atoms with Crippen LogP contribution in [0.15, 0.2) is 18.2 Å². The van der Waals surface area contributed by atoms with Gasteiger partial charge in [-0.15, -0.1) is 0 Å². The second kappa shape index (κ2) is 5.19. The molecule has 0 aliphatic carbocycles. The standard InChI is InChI=1S/C11H15F2NO/c1-14(2)11(5-6-15)9-7-8(12)3-4-10(9)13/h3-4,7,11,15H,5-6H2,1-2H3. The van der Waals surface area contributed by atoms with Crippen molar-refractivity contribution in [2.45, 2.75) is 12.5 Å². The normalized spacial score (nSPS) is 13.2. The molecular formula is C11H15F2NO. The summed E-state index contributed by atoms with van der Waals surface area (Å²) >= 11 is 0. The summed E-state index contributed by atoms with van der Waals surface area (Å²) in [5.74, 6) is -0.903. The molecule has 1 atom stereocenters. The lowest BCUT2D eigenvalue weighted by molar-refractivity contribution is 0.207. The van der Waals surface area contributed by atoms with Crippen LogP contribution in [0.4, 0.5) is 8.78 Å². The van der Waals surface area contributed by atoms with E-state index in [0.717, 1.165) is 12.1 Å². The Bertz CT molecular complexity index is 328. The highest BCUT2D eigenvalue weighted by molar-refractivity contribution is 5.22. The fourth-order valence-electron chi connectivity index (χ4n) is 1.58. The van der Waals surface area contributed by atoms with E-state index in [-0.39, 0.29) is 18.2 Å². The number of hydrogen-bond acceptors (Lipinski definition) is 2. The van der Waals surface area contributed by atoms with Gasteiger partial charge in [0.25, 0.3) is 0 Å². The number of hydrogen-bond donors (Lipinski definition) is 1. The lowest BCUT2D eigenvalue weighted by Gasteiger charge is -2.24. The van der Waals surface area contributed by atoms with Gasteiger partial charge >= 0.3 is 0 Å². The Morgan fingerprint density at radius 1 is 1.33 bits per heavy atom. The Balaban J connectivity index is 3.04. The van der Waals surface area contributed by atoms with Gasteiger partial charge in [-0.05, 0) is 38.7 Å². The monoisotopic (exact) mass is 215 g/mol. The molecule has 1 aromatic carbocycles. The number of nitrogens with zero attached hydrogens (tertiary/aromatic N) is 1. The molecule has 0 saturated heterocycles. The van der Waals surface area contributed by atoms with E-state index in [2.05, 4.69) is 0 Å². The molecule has 0 aliphatic heterocycles. The first-order chi connectivity index (χ1) is 7.06. The first-order valence-corrected chi connectivity index (χ1v) is 4.78. The molecule has 0 amide bonds. The second-order valence-corrected chi connectivity index (χ2v) is 3.66. The van der Waals surface area contributed by atoms with Crippen molar-refractivity contribution in [1.29, 1.82) is 0 Å². The van der Waals surface area contributed by atoms with Crippen molar-refractivity contribution in [2.75, 3.05) is 20.7 Å². The van der Waals surface area contributed by atoms with Crippen molar-refractivity contribution in [3.63, 3.8) is 0 Å². The van der Waals surface area contributed by atoms with Gasteiger partial charge in [0.05, 0.1) is 0 Å². The molecule has 15 heavy (non-hydrogen) atoms. The lowest BCUT2D eigenvalue weighted by atomic mass is 10.0. The molecule has 1 rings (SSSR count). The van der Waals surface area contributed by atoms with Gasteiger partial charge in [-0.3, -0.25) is 0 Å². The van der Waals surface area contributed by atoms with Crippen molar-refractivity contribution >= 4 is 0 Å². The number of benzene rings is 1. The van der Waals surface area contributed by atoms with Gasteiger partial charge in [0, 0.05) is 18.2 Å². The van der Waals surface area contributed by atoms with Crippen molar-refractivity contribution in [3.8, 4) is 0 Å². The van der Waals surface area contributed by atoms with E-state index < -0.39 is 11.6 Å². The third kappa shape index (κ3) is 2.97. The summed E-state index contributed by atoms with van der Waals surface area (Å²) < 4.78 is 26.4. The van der Waals surface area contributed by atoms with E-state index >= 15 is 0 Å². The van der Waals surface area contributed by atoms with E-state index in [1.807, 2.05) is 0 Å². The maximum absolute atomic E-state index is 13.4. The van der Waals surface area contributed by atoms with Crippen molar-refractivity contribution < 1.29 is 13.9 Å². The van der Waals surface area contributed by atoms with E-state index in [9.17, 15) is 8.78 Å². The Morgan fingerprint density at radius 2 is 2.00 bits per heavy atom. The van der Waals surface area contributed by atoms with Crippen LogP contribution in [0.25, 0.3) is 0 Å². The summed E-state index contributed by atoms with van der Waals surface area (Å²) in [6.45, 7) is -0.0567. The Kier molecular flexibility index (Phi) is 4.17. The number of rotatable bonds is 4. The third-order valence-electron chi connectivity index (χ3n) is 2.34. The Morgan fingerprint density at radius 3 is 2.53 bits per heavy atom. The first-order valence-electron chi connectivity index (χ1n) is 4.78. The number of aliphatic hydroxyl groups is 1. The largest absolute Gasteiger partial charge is 0.396 e. The molecular weight excluding hydrogens is 200 g/mol. The molecule has 0 aliphatic rings. The molecule has 4 heteroatoms. The maximum atomic E-state index is 13.4. The molecule has 1 N–H and O–H groups in total. The highest BCUT2D eigenvalue weighted by Crippen LogP contribution is 2.24. The molecule has 0 aromatic heterocycles. The zero-order chi connectivity index (χ0) is 11.4. The van der Waals surface area contributed by atoms with Crippen LogP contribution in [0.3, 0.4) is 0 Å². The predicted molar refractivity (Wildman–Crippen MR) is 54.5 cm³/mol. The molecule has 0 radical (unpaired) electrons. The summed E-state index contributed by atoms with van der Waals surface area (Å²) in [4.78, 5) is 1.76. The van der Waals surface area contributed by atoms with Gasteiger partial charge in [-0.1, -0.05) is 0 Å². The van der Waals surface area contributed by atoms with Crippen molar-refractivity contribution in [1.82, 2.24) is 4.90 Å². The van der Waals surface area contributed by atoms with Crippen LogP contribution in [-0.4, -0.2) is 30.7 Å². The predicted octanol–water partition coefficient (Wildman–Crippen LogP) is 1.95. The minimum atomic E-state index is -0.462. The Labute approximate surface area is 88.1 Å². The van der Waals surface area contributed by atoms with Gasteiger partial charge < -0.3 is 10.0 Å². The molecule has 0 bridgehead atoms. The number of aliphatic hydroxyl groups excluding tert-OH is 1. The molecule has 0 spiro atoms. The molecule has 0 fully saturated rings. The van der Waals surface area contributed by atoms with Gasteiger partial charge in [0.2, 0.25) is 0 Å². The summed E-state index contributed by atoms with van der Waals surface area (Å²) in [7, 11) is 3.54. The van der Waals surface area contributed by atoms with E-state index in [4.69, 9.17) is 5.11 Å². The van der Waals surface area contributed by atoms with Crippen LogP contribution < -0.4 is 0 Å². The molecule has 84 valence electrons. The average Bonchev–Trinajstić information content (AvgIpc) is 2.18. The van der Waals surface area contributed by atoms with Gasteiger partial charge in [-0.25, -0.2) is 8.78 Å². The van der Waals surface area contributed by atoms with Gasteiger partial charge in [0.1, 0.15) is 11.6 Å². The van der Waals surface area contributed by atoms with Crippen LogP contribution in [0, 0.1) is 11.6 Å². The van der Waals surface area contributed by atoms with Gasteiger partial charge in [0.15, 0.2) is 0 Å². The maximum Gasteiger partial charge on any atom is 0.128 e. The van der Waals surface area contributed by atoms with Crippen LogP contribution in [0.5, 0.6) is 0 Å². The summed E-state index contributed by atoms with van der Waals surface area (Å²) in [6, 6.07) is 3.07. The van der Waals surface area contributed by atoms with E-state index in [1.54, 1.807) is 19.0 Å². The SMILES string of the molecule is CN(C)C(CCO)c1cc(F)ccc1F. The summed E-state index contributed by atoms with van der Waals surface area (Å²) in [6.07, 6.45) is 0.382. The van der Waals surface area contributed by atoms with Crippen molar-refractivity contribution in [2.24, 2.45) is 0 Å². The smallest absolute Gasteiger partial charge is 0.128 e. The molecule has 2 nitrogen and oxygen atoms in total. The zero-order valence-corrected chi connectivity index (χ0v) is 8.87. The third-order valence-corrected chi connectivity index (χ3v) is 2.34. The quantitative estimate of drug-likeness (QED) is 0.829. The average molecular weight is 215 g/mol. The molecule has 0 heterocycles. The number of halogens is 2. The van der Waals surface area contributed by atoms with Gasteiger partial charge in [-0.2, -0.15) is 0 Å². The highest BCUT2D eigenvalue weighted by Gasteiger charge is 2.17. The van der Waals surface area contributed by atoms with E-state index in [0.29, 0.717) is 6.42 Å². The van der Waals surface area contributed by atoms with Crippen LogP contribution in [0.1, 0.15) is 18.0 Å². The highest BCUT2D eigenvalue weighted by atomic mass is 19.1. The van der Waals surface area contributed by atoms with Crippen LogP contribution in [-0.2, 0) is 0 Å². The zero-order valence-electron chi connectivity index (χ0n) is 8.87. The molecule has 1 unspecified atom stereocenters. The van der Waals surface area contributed by atoms with Crippen LogP contribution in [0.2, 0.25) is 0 Å². The topological polar surface area (TPSA) is 23.5 Å². The van der Waals surface area contributed by atoms with Crippen molar-refractivity contribution in [3.05, 3.63) is 35.4 Å². The lowest BCUT2D eigenvalue weighted by Crippen LogP contribution is -2.22. The first kappa shape index (κ1) is 12.1. The summed E-state index contributed by atoms with van der Waals surface area (Å²) in [5, 5.41) is 8.86. The minimum absolute atomic E-state index is 0.0567. The minimum Gasteiger partial charge on any atom is -0.396 e. The fourth-order valence-corrected chi connectivity index (χ4v) is 1.58. The molecule has 0 saturated carbocycles. The van der Waals surface area contributed by atoms with E-state index in [1.165, 1.54) is 6.07 Å². The van der Waals surface area contributed by atoms with Crippen LogP contribution >= 0.6 is 0 Å². The second-order valence-electron chi connectivity index (χ2n) is 3.66. The summed E-state index contributed by atoms with van der Waals surface area (Å²) in [5.41, 5.74) is 0.286. The fraction of sp³-hybridized carbons (Fsp3) is 0.455. The molecule has 1 aromatic rings. The Hall–Kier alpha value is -1.00.